The highest BCUT2D eigenvalue weighted by Gasteiger charge is 2.22. The molecule has 0 aliphatic rings. The molecule has 8 heteroatoms. The maximum atomic E-state index is 11.8. The van der Waals surface area contributed by atoms with Crippen molar-refractivity contribution in [2.24, 2.45) is 4.99 Å². The Bertz CT molecular complexity index is 568. The molecule has 22 heavy (non-hydrogen) atoms. The molecule has 0 bridgehead atoms. The minimum atomic E-state index is -1.63. The van der Waals surface area contributed by atoms with Crippen LogP contribution in [-0.2, 0) is 16.7 Å². The van der Waals surface area contributed by atoms with Crippen molar-refractivity contribution >= 4 is 52.4 Å². The van der Waals surface area contributed by atoms with Gasteiger partial charge in [0, 0.05) is 17.3 Å². The van der Waals surface area contributed by atoms with Crippen molar-refractivity contribution in [3.8, 4) is 0 Å². The van der Waals surface area contributed by atoms with Crippen LogP contribution in [0.3, 0.4) is 0 Å². The average Bonchev–Trinajstić information content (AvgIpc) is 2.76. The SMILES string of the molecule is CCCCc1cn(C(C)(C)C)sc1=NC(=O)OCC(Cl)(Cl)Cl. The van der Waals surface area contributed by atoms with Crippen LogP contribution < -0.4 is 4.67 Å². The zero-order chi connectivity index (χ0) is 17.0. The number of ether oxygens (including phenoxy) is 1. The standard InChI is InChI=1S/C14H21Cl3N2O2S/c1-5-6-7-10-8-19(13(2,3)4)22-11(10)18-12(20)21-9-14(15,16)17/h8H,5-7,9H2,1-4H3. The zero-order valence-corrected chi connectivity index (χ0v) is 16.2. The number of hydrogen-bond donors (Lipinski definition) is 0. The molecule has 1 rings (SSSR count). The molecule has 0 aliphatic carbocycles. The van der Waals surface area contributed by atoms with Gasteiger partial charge in [-0.3, -0.25) is 3.96 Å². The highest BCUT2D eigenvalue weighted by molar-refractivity contribution is 7.04. The third-order valence-electron chi connectivity index (χ3n) is 2.75. The van der Waals surface area contributed by atoms with E-state index in [-0.39, 0.29) is 12.1 Å². The van der Waals surface area contributed by atoms with Crippen molar-refractivity contribution in [2.75, 3.05) is 6.61 Å². The summed E-state index contributed by atoms with van der Waals surface area (Å²) in [6.07, 6.45) is 4.27. The van der Waals surface area contributed by atoms with E-state index >= 15 is 0 Å². The van der Waals surface area contributed by atoms with E-state index in [1.54, 1.807) is 0 Å². The first-order chi connectivity index (χ1) is 10.0. The number of aromatic nitrogens is 1. The summed E-state index contributed by atoms with van der Waals surface area (Å²) in [4.78, 5) is 15.8. The topological polar surface area (TPSA) is 43.6 Å². The molecule has 0 N–H and O–H groups in total. The van der Waals surface area contributed by atoms with Gasteiger partial charge in [0.2, 0.25) is 3.79 Å². The van der Waals surface area contributed by atoms with E-state index in [4.69, 9.17) is 39.5 Å². The van der Waals surface area contributed by atoms with E-state index in [1.807, 2.05) is 6.20 Å². The first-order valence-electron chi connectivity index (χ1n) is 7.03. The molecule has 0 fully saturated rings. The molecule has 1 amide bonds. The van der Waals surface area contributed by atoms with Crippen molar-refractivity contribution in [3.05, 3.63) is 16.4 Å². The molecule has 0 radical (unpaired) electrons. The third kappa shape index (κ3) is 6.90. The number of nitrogens with zero attached hydrogens (tertiary/aromatic N) is 2. The van der Waals surface area contributed by atoms with Gasteiger partial charge in [0.15, 0.2) is 0 Å². The van der Waals surface area contributed by atoms with Crippen LogP contribution in [0, 0.1) is 0 Å². The molecule has 0 saturated heterocycles. The summed E-state index contributed by atoms with van der Waals surface area (Å²) in [7, 11) is 0. The lowest BCUT2D eigenvalue weighted by atomic mass is 10.1. The lowest BCUT2D eigenvalue weighted by Crippen LogP contribution is -2.18. The largest absolute Gasteiger partial charge is 0.443 e. The van der Waals surface area contributed by atoms with Crippen LogP contribution in [0.15, 0.2) is 11.2 Å². The smallest absolute Gasteiger partial charge is 0.435 e. The Hall–Kier alpha value is -0.230. The summed E-state index contributed by atoms with van der Waals surface area (Å²) >= 11 is 18.1. The Morgan fingerprint density at radius 3 is 2.50 bits per heavy atom. The van der Waals surface area contributed by atoms with Crippen molar-refractivity contribution in [1.82, 2.24) is 3.96 Å². The number of alkyl halides is 3. The summed E-state index contributed by atoms with van der Waals surface area (Å²) in [5.41, 5.74) is 0.966. The second-order valence-electron chi connectivity index (χ2n) is 5.93. The maximum absolute atomic E-state index is 11.8. The number of hydrogen-bond acceptors (Lipinski definition) is 3. The summed E-state index contributed by atoms with van der Waals surface area (Å²) in [5.74, 6) is 0. The first-order valence-corrected chi connectivity index (χ1v) is 8.94. The number of carbonyl (C=O) groups excluding carboxylic acids is 1. The van der Waals surface area contributed by atoms with Crippen LogP contribution >= 0.6 is 46.3 Å². The van der Waals surface area contributed by atoms with E-state index < -0.39 is 9.89 Å². The Labute approximate surface area is 150 Å². The fraction of sp³-hybridized carbons (Fsp3) is 0.714. The van der Waals surface area contributed by atoms with Gasteiger partial charge in [0.25, 0.3) is 0 Å². The molecule has 1 aromatic heterocycles. The Kier molecular flexibility index (Phi) is 7.24. The minimum Gasteiger partial charge on any atom is -0.443 e. The van der Waals surface area contributed by atoms with Gasteiger partial charge >= 0.3 is 6.09 Å². The highest BCUT2D eigenvalue weighted by atomic mass is 35.6. The molecule has 0 atom stereocenters. The summed E-state index contributed by atoms with van der Waals surface area (Å²) in [6.45, 7) is 8.08. The Balaban J connectivity index is 3.01. The lowest BCUT2D eigenvalue weighted by Gasteiger charge is -2.19. The fourth-order valence-electron chi connectivity index (χ4n) is 1.60. The maximum Gasteiger partial charge on any atom is 0.435 e. The van der Waals surface area contributed by atoms with Crippen LogP contribution in [-0.4, -0.2) is 20.4 Å². The molecule has 4 nitrogen and oxygen atoms in total. The van der Waals surface area contributed by atoms with E-state index in [0.29, 0.717) is 4.67 Å². The number of halogens is 3. The number of aryl methyl sites for hydroxylation is 1. The van der Waals surface area contributed by atoms with E-state index in [2.05, 4.69) is 36.6 Å². The van der Waals surface area contributed by atoms with Crippen LogP contribution in [0.25, 0.3) is 0 Å². The van der Waals surface area contributed by atoms with E-state index in [0.717, 1.165) is 24.8 Å². The fourth-order valence-corrected chi connectivity index (χ4v) is 2.79. The summed E-state index contributed by atoms with van der Waals surface area (Å²) in [6, 6.07) is 0. The molecule has 0 unspecified atom stereocenters. The highest BCUT2D eigenvalue weighted by Crippen LogP contribution is 2.26. The summed E-state index contributed by atoms with van der Waals surface area (Å²) < 4.78 is 5.97. The monoisotopic (exact) mass is 386 g/mol. The van der Waals surface area contributed by atoms with Crippen LogP contribution in [0.4, 0.5) is 4.79 Å². The second kappa shape index (κ2) is 8.04. The molecular weight excluding hydrogens is 367 g/mol. The predicted octanol–water partition coefficient (Wildman–Crippen LogP) is 5.05. The molecule has 0 spiro atoms. The lowest BCUT2D eigenvalue weighted by molar-refractivity contribution is 0.158. The van der Waals surface area contributed by atoms with Crippen molar-refractivity contribution in [2.45, 2.75) is 56.3 Å². The number of rotatable bonds is 4. The van der Waals surface area contributed by atoms with Crippen LogP contribution in [0.5, 0.6) is 0 Å². The van der Waals surface area contributed by atoms with Crippen LogP contribution in [0.2, 0.25) is 0 Å². The minimum absolute atomic E-state index is 0.0686. The number of amides is 1. The normalized spacial score (nSPS) is 13.5. The number of unbranched alkanes of at least 4 members (excludes halogenated alkanes) is 1. The zero-order valence-electron chi connectivity index (χ0n) is 13.2. The first kappa shape index (κ1) is 19.8. The molecule has 1 heterocycles. The van der Waals surface area contributed by atoms with Gasteiger partial charge in [-0.2, -0.15) is 4.99 Å². The summed E-state index contributed by atoms with van der Waals surface area (Å²) in [5, 5.41) is 0. The number of carbonyl (C=O) groups is 1. The molecule has 0 aromatic carbocycles. The van der Waals surface area contributed by atoms with Gasteiger partial charge in [0.05, 0.1) is 0 Å². The van der Waals surface area contributed by atoms with Gasteiger partial charge in [-0.25, -0.2) is 4.79 Å². The molecule has 0 saturated carbocycles. The van der Waals surface area contributed by atoms with Gasteiger partial charge in [-0.1, -0.05) is 48.1 Å². The predicted molar refractivity (Wildman–Crippen MR) is 93.1 cm³/mol. The van der Waals surface area contributed by atoms with E-state index in [1.165, 1.54) is 11.5 Å². The molecule has 126 valence electrons. The van der Waals surface area contributed by atoms with Crippen LogP contribution in [0.1, 0.15) is 46.1 Å². The van der Waals surface area contributed by atoms with Gasteiger partial charge in [-0.05, 0) is 45.1 Å². The van der Waals surface area contributed by atoms with Gasteiger partial charge in [0.1, 0.15) is 11.3 Å². The van der Waals surface area contributed by atoms with Crippen molar-refractivity contribution in [3.63, 3.8) is 0 Å². The quantitative estimate of drug-likeness (QED) is 0.678. The van der Waals surface area contributed by atoms with Crippen molar-refractivity contribution in [1.29, 1.82) is 0 Å². The third-order valence-corrected chi connectivity index (χ3v) is 4.45. The Morgan fingerprint density at radius 1 is 1.36 bits per heavy atom. The van der Waals surface area contributed by atoms with E-state index in [9.17, 15) is 4.79 Å². The van der Waals surface area contributed by atoms with Gasteiger partial charge in [-0.15, -0.1) is 0 Å². The average molecular weight is 388 g/mol. The molecule has 1 aromatic rings. The molecule has 0 aliphatic heterocycles. The van der Waals surface area contributed by atoms with Crippen molar-refractivity contribution < 1.29 is 9.53 Å². The molecular formula is C14H21Cl3N2O2S. The second-order valence-corrected chi connectivity index (χ2v) is 9.41. The Morgan fingerprint density at radius 2 is 2.00 bits per heavy atom. The van der Waals surface area contributed by atoms with Gasteiger partial charge < -0.3 is 4.74 Å².